The number of aliphatic imine (C=N–C) groups is 1. The van der Waals surface area contributed by atoms with E-state index in [9.17, 15) is 4.79 Å². The Balaban J connectivity index is 1.49. The lowest BCUT2D eigenvalue weighted by Gasteiger charge is -2.18. The SMILES string of the molecule is O=C1C(SC2=Nc3ccccc3C2)CCN1c1ccccc1Cl. The molecule has 1 saturated heterocycles. The highest BCUT2D eigenvalue weighted by molar-refractivity contribution is 8.15. The van der Waals surface area contributed by atoms with Gasteiger partial charge in [0.2, 0.25) is 5.91 Å². The first-order valence-electron chi connectivity index (χ1n) is 7.60. The summed E-state index contributed by atoms with van der Waals surface area (Å²) in [5.74, 6) is 0.127. The lowest BCUT2D eigenvalue weighted by Crippen LogP contribution is -2.28. The van der Waals surface area contributed by atoms with Gasteiger partial charge in [0.1, 0.15) is 0 Å². The van der Waals surface area contributed by atoms with Gasteiger partial charge in [-0.1, -0.05) is 53.7 Å². The van der Waals surface area contributed by atoms with Gasteiger partial charge in [-0.25, -0.2) is 4.99 Å². The summed E-state index contributed by atoms with van der Waals surface area (Å²) >= 11 is 7.82. The molecular formula is C18H15ClN2OS. The number of hydrogen-bond donors (Lipinski definition) is 0. The third-order valence-electron chi connectivity index (χ3n) is 4.16. The van der Waals surface area contributed by atoms with Gasteiger partial charge >= 0.3 is 0 Å². The van der Waals surface area contributed by atoms with Crippen molar-refractivity contribution < 1.29 is 4.79 Å². The number of rotatable bonds is 2. The maximum absolute atomic E-state index is 12.7. The molecule has 4 rings (SSSR count). The number of nitrogens with zero attached hydrogens (tertiary/aromatic N) is 2. The summed E-state index contributed by atoms with van der Waals surface area (Å²) in [4.78, 5) is 19.2. The zero-order valence-electron chi connectivity index (χ0n) is 12.4. The number of anilines is 1. The van der Waals surface area contributed by atoms with Crippen LogP contribution in [0.5, 0.6) is 0 Å². The molecule has 0 N–H and O–H groups in total. The van der Waals surface area contributed by atoms with Crippen LogP contribution in [0.15, 0.2) is 53.5 Å². The van der Waals surface area contributed by atoms with E-state index >= 15 is 0 Å². The van der Waals surface area contributed by atoms with Crippen LogP contribution >= 0.6 is 23.4 Å². The molecule has 2 aliphatic rings. The second kappa shape index (κ2) is 6.02. The number of para-hydroxylation sites is 2. The van der Waals surface area contributed by atoms with Crippen LogP contribution in [0.1, 0.15) is 12.0 Å². The van der Waals surface area contributed by atoms with Crippen LogP contribution in [-0.2, 0) is 11.2 Å². The third-order valence-corrected chi connectivity index (χ3v) is 5.71. The zero-order chi connectivity index (χ0) is 15.8. The van der Waals surface area contributed by atoms with E-state index in [1.54, 1.807) is 16.7 Å². The predicted octanol–water partition coefficient (Wildman–Crippen LogP) is 4.46. The summed E-state index contributed by atoms with van der Waals surface area (Å²) in [5.41, 5.74) is 3.07. The van der Waals surface area contributed by atoms with Gasteiger partial charge in [0.15, 0.2) is 0 Å². The van der Waals surface area contributed by atoms with Gasteiger partial charge in [0.25, 0.3) is 0 Å². The fourth-order valence-electron chi connectivity index (χ4n) is 3.01. The molecule has 0 bridgehead atoms. The van der Waals surface area contributed by atoms with E-state index in [0.29, 0.717) is 11.6 Å². The van der Waals surface area contributed by atoms with Crippen LogP contribution in [0.3, 0.4) is 0 Å². The highest BCUT2D eigenvalue weighted by Gasteiger charge is 2.35. The Morgan fingerprint density at radius 3 is 2.74 bits per heavy atom. The van der Waals surface area contributed by atoms with Gasteiger partial charge in [-0.15, -0.1) is 0 Å². The molecule has 2 aliphatic heterocycles. The van der Waals surface area contributed by atoms with E-state index < -0.39 is 0 Å². The van der Waals surface area contributed by atoms with Crippen molar-refractivity contribution in [1.82, 2.24) is 0 Å². The molecule has 23 heavy (non-hydrogen) atoms. The van der Waals surface area contributed by atoms with E-state index in [0.717, 1.165) is 29.3 Å². The van der Waals surface area contributed by atoms with Crippen LogP contribution in [0.4, 0.5) is 11.4 Å². The summed E-state index contributed by atoms with van der Waals surface area (Å²) in [5, 5.41) is 1.59. The molecule has 1 atom stereocenters. The number of thioether (sulfide) groups is 1. The number of carbonyl (C=O) groups excluding carboxylic acids is 1. The number of carbonyl (C=O) groups is 1. The van der Waals surface area contributed by atoms with Crippen molar-refractivity contribution in [2.45, 2.75) is 18.1 Å². The molecule has 1 amide bonds. The van der Waals surface area contributed by atoms with Gasteiger partial charge in [-0.05, 0) is 30.2 Å². The molecule has 0 aromatic heterocycles. The number of halogens is 1. The standard InChI is InChI=1S/C18H15ClN2OS/c19-13-6-2-4-8-15(13)21-10-9-16(18(21)22)23-17-11-12-5-1-3-7-14(12)20-17/h1-8,16H,9-11H2. The molecule has 0 aliphatic carbocycles. The Morgan fingerprint density at radius 2 is 1.91 bits per heavy atom. The first-order chi connectivity index (χ1) is 11.2. The minimum absolute atomic E-state index is 0.0701. The summed E-state index contributed by atoms with van der Waals surface area (Å²) < 4.78 is 0. The maximum atomic E-state index is 12.7. The van der Waals surface area contributed by atoms with Crippen LogP contribution in [0.2, 0.25) is 5.02 Å². The highest BCUT2D eigenvalue weighted by Crippen LogP contribution is 2.36. The molecule has 1 fully saturated rings. The second-order valence-corrected chi connectivity index (χ2v) is 7.33. The van der Waals surface area contributed by atoms with Gasteiger partial charge < -0.3 is 4.90 Å². The van der Waals surface area contributed by atoms with Crippen molar-refractivity contribution in [2.24, 2.45) is 4.99 Å². The summed E-state index contributed by atoms with van der Waals surface area (Å²) in [6, 6.07) is 15.7. The van der Waals surface area contributed by atoms with Crippen molar-refractivity contribution in [2.75, 3.05) is 11.4 Å². The fourth-order valence-corrected chi connectivity index (χ4v) is 4.42. The molecule has 0 spiro atoms. The fraction of sp³-hybridized carbons (Fsp3) is 0.222. The van der Waals surface area contributed by atoms with E-state index in [-0.39, 0.29) is 11.2 Å². The Kier molecular flexibility index (Phi) is 3.87. The van der Waals surface area contributed by atoms with E-state index in [1.165, 1.54) is 5.56 Å². The van der Waals surface area contributed by atoms with Crippen molar-refractivity contribution in [3.8, 4) is 0 Å². The summed E-state index contributed by atoms with van der Waals surface area (Å²) in [7, 11) is 0. The molecule has 2 heterocycles. The minimum Gasteiger partial charge on any atom is -0.310 e. The average Bonchev–Trinajstić information content (AvgIpc) is 3.12. The summed E-state index contributed by atoms with van der Waals surface area (Å²) in [6.07, 6.45) is 1.65. The molecule has 0 saturated carbocycles. The molecule has 2 aromatic carbocycles. The maximum Gasteiger partial charge on any atom is 0.240 e. The van der Waals surface area contributed by atoms with Crippen LogP contribution in [-0.4, -0.2) is 22.7 Å². The largest absolute Gasteiger partial charge is 0.310 e. The molecule has 2 aromatic rings. The van der Waals surface area contributed by atoms with Crippen molar-refractivity contribution in [3.63, 3.8) is 0 Å². The molecule has 1 unspecified atom stereocenters. The molecule has 3 nitrogen and oxygen atoms in total. The van der Waals surface area contributed by atoms with Crippen molar-refractivity contribution in [3.05, 3.63) is 59.1 Å². The minimum atomic E-state index is -0.0701. The molecule has 0 radical (unpaired) electrons. The molecule has 116 valence electrons. The zero-order valence-corrected chi connectivity index (χ0v) is 14.0. The van der Waals surface area contributed by atoms with Crippen LogP contribution in [0, 0.1) is 0 Å². The van der Waals surface area contributed by atoms with Gasteiger partial charge in [-0.2, -0.15) is 0 Å². The predicted molar refractivity (Wildman–Crippen MR) is 97.0 cm³/mol. The first-order valence-corrected chi connectivity index (χ1v) is 8.86. The Hall–Kier alpha value is -1.78. The average molecular weight is 343 g/mol. The van der Waals surface area contributed by atoms with E-state index in [2.05, 4.69) is 11.1 Å². The number of amides is 1. The van der Waals surface area contributed by atoms with Crippen molar-refractivity contribution >= 4 is 45.7 Å². The Bertz CT molecular complexity index is 805. The molecular weight excluding hydrogens is 328 g/mol. The lowest BCUT2D eigenvalue weighted by molar-refractivity contribution is -0.116. The van der Waals surface area contributed by atoms with E-state index in [4.69, 9.17) is 11.6 Å². The van der Waals surface area contributed by atoms with Gasteiger partial charge in [-0.3, -0.25) is 4.79 Å². The van der Waals surface area contributed by atoms with E-state index in [1.807, 2.05) is 42.5 Å². The molecule has 5 heteroatoms. The Labute approximate surface area is 144 Å². The topological polar surface area (TPSA) is 32.7 Å². The smallest absolute Gasteiger partial charge is 0.240 e. The second-order valence-electron chi connectivity index (χ2n) is 5.65. The lowest BCUT2D eigenvalue weighted by atomic mass is 10.2. The third kappa shape index (κ3) is 2.77. The van der Waals surface area contributed by atoms with Gasteiger partial charge in [0, 0.05) is 13.0 Å². The monoisotopic (exact) mass is 342 g/mol. The van der Waals surface area contributed by atoms with Crippen LogP contribution in [0.25, 0.3) is 0 Å². The Morgan fingerprint density at radius 1 is 1.13 bits per heavy atom. The van der Waals surface area contributed by atoms with Gasteiger partial charge in [0.05, 0.1) is 26.7 Å². The first kappa shape index (κ1) is 14.8. The van der Waals surface area contributed by atoms with Crippen molar-refractivity contribution in [1.29, 1.82) is 0 Å². The van der Waals surface area contributed by atoms with Crippen LogP contribution < -0.4 is 4.90 Å². The quantitative estimate of drug-likeness (QED) is 0.806. The number of fused-ring (bicyclic) bond motifs is 1. The number of benzene rings is 2. The normalized spacial score (nSPS) is 19.9. The number of hydrogen-bond acceptors (Lipinski definition) is 3. The highest BCUT2D eigenvalue weighted by atomic mass is 35.5. The summed E-state index contributed by atoms with van der Waals surface area (Å²) in [6.45, 7) is 0.709.